The highest BCUT2D eigenvalue weighted by atomic mass is 32.2. The van der Waals surface area contributed by atoms with Crippen LogP contribution in [0.3, 0.4) is 0 Å². The molecule has 0 radical (unpaired) electrons. The molecule has 1 aromatic rings. The van der Waals surface area contributed by atoms with Gasteiger partial charge in [-0.05, 0) is 78.4 Å². The van der Waals surface area contributed by atoms with Crippen LogP contribution in [0.15, 0.2) is 17.0 Å². The minimum atomic E-state index is -3.56. The third-order valence-corrected chi connectivity index (χ3v) is 8.82. The lowest BCUT2D eigenvalue weighted by atomic mass is 9.84. The summed E-state index contributed by atoms with van der Waals surface area (Å²) in [5.74, 6) is 2.74. The van der Waals surface area contributed by atoms with Crippen LogP contribution in [-0.4, -0.2) is 14.5 Å². The van der Waals surface area contributed by atoms with Crippen molar-refractivity contribution in [1.82, 2.24) is 4.72 Å². The van der Waals surface area contributed by atoms with Gasteiger partial charge in [-0.1, -0.05) is 60.1 Å². The van der Waals surface area contributed by atoms with Crippen molar-refractivity contribution < 1.29 is 8.42 Å². The van der Waals surface area contributed by atoms with Gasteiger partial charge in [0.15, 0.2) is 0 Å². The van der Waals surface area contributed by atoms with Gasteiger partial charge in [-0.3, -0.25) is 0 Å². The van der Waals surface area contributed by atoms with Crippen molar-refractivity contribution in [2.45, 2.75) is 103 Å². The Morgan fingerprint density at radius 1 is 0.857 bits per heavy atom. The van der Waals surface area contributed by atoms with Gasteiger partial charge in [0, 0.05) is 6.04 Å². The molecule has 2 fully saturated rings. The van der Waals surface area contributed by atoms with E-state index in [1.165, 1.54) is 31.2 Å². The molecule has 2 aliphatic rings. The minimum Gasteiger partial charge on any atom is -0.208 e. The van der Waals surface area contributed by atoms with Gasteiger partial charge in [-0.25, -0.2) is 13.1 Å². The van der Waals surface area contributed by atoms with E-state index in [2.05, 4.69) is 65.3 Å². The van der Waals surface area contributed by atoms with Crippen molar-refractivity contribution in [3.63, 3.8) is 0 Å². The van der Waals surface area contributed by atoms with Crippen molar-refractivity contribution in [2.24, 2.45) is 17.8 Å². The number of hydrogen-bond donors (Lipinski definition) is 1. The Morgan fingerprint density at radius 3 is 1.82 bits per heavy atom. The maximum absolute atomic E-state index is 13.6. The first-order chi connectivity index (χ1) is 13.0. The molecule has 3 rings (SSSR count). The van der Waals surface area contributed by atoms with Crippen molar-refractivity contribution in [2.75, 3.05) is 0 Å². The highest BCUT2D eigenvalue weighted by Crippen LogP contribution is 2.49. The van der Waals surface area contributed by atoms with Crippen molar-refractivity contribution in [1.29, 1.82) is 0 Å². The van der Waals surface area contributed by atoms with Crippen LogP contribution in [0, 0.1) is 17.8 Å². The van der Waals surface area contributed by atoms with E-state index >= 15 is 0 Å². The fourth-order valence-electron chi connectivity index (χ4n) is 5.50. The number of fused-ring (bicyclic) bond motifs is 2. The summed E-state index contributed by atoms with van der Waals surface area (Å²) in [5, 5.41) is 0. The number of sulfonamides is 1. The summed E-state index contributed by atoms with van der Waals surface area (Å²) in [4.78, 5) is 0.539. The molecule has 2 bridgehead atoms. The van der Waals surface area contributed by atoms with E-state index in [0.29, 0.717) is 22.6 Å². The summed E-state index contributed by atoms with van der Waals surface area (Å²) in [6.07, 6.45) is 5.11. The van der Waals surface area contributed by atoms with Gasteiger partial charge in [-0.15, -0.1) is 0 Å². The van der Waals surface area contributed by atoms with Gasteiger partial charge in [0.2, 0.25) is 10.0 Å². The molecule has 4 atom stereocenters. The highest BCUT2D eigenvalue weighted by molar-refractivity contribution is 7.89. The SMILES string of the molecule is CC(C)c1cc(C(C)C)c(S(=O)(=O)N[C@@H](C)[C@H]2C[C@H]3CC[C@H]2C3)c(C(C)C)c1. The molecule has 1 aromatic carbocycles. The molecule has 4 heteroatoms. The standard InChI is InChI=1S/C24H39NO2S/c1-14(2)20-12-21(15(3)4)24(22(13-20)16(5)6)28(26,27)25-17(7)23-11-18-8-9-19(23)10-18/h12-19,23,25H,8-11H2,1-7H3/t17-,18-,19-,23+/m0/s1. The summed E-state index contributed by atoms with van der Waals surface area (Å²) in [6, 6.07) is 4.25. The molecule has 0 amide bonds. The largest absolute Gasteiger partial charge is 0.241 e. The molecule has 3 nitrogen and oxygen atoms in total. The number of rotatable bonds is 7. The van der Waals surface area contributed by atoms with E-state index in [0.717, 1.165) is 17.0 Å². The Labute approximate surface area is 172 Å². The Morgan fingerprint density at radius 2 is 1.43 bits per heavy atom. The molecule has 0 spiro atoms. The molecular weight excluding hydrogens is 366 g/mol. The van der Waals surface area contributed by atoms with Crippen molar-refractivity contribution in [3.05, 3.63) is 28.8 Å². The van der Waals surface area contributed by atoms with Gasteiger partial charge in [0.25, 0.3) is 0 Å². The fourth-order valence-corrected chi connectivity index (χ4v) is 7.49. The molecule has 0 unspecified atom stereocenters. The lowest BCUT2D eigenvalue weighted by Gasteiger charge is -2.30. The molecule has 2 aliphatic carbocycles. The normalized spacial score (nSPS) is 26.0. The lowest BCUT2D eigenvalue weighted by molar-refractivity contribution is 0.280. The highest BCUT2D eigenvalue weighted by Gasteiger charge is 2.43. The van der Waals surface area contributed by atoms with Gasteiger partial charge >= 0.3 is 0 Å². The van der Waals surface area contributed by atoms with E-state index in [9.17, 15) is 8.42 Å². The molecular formula is C24H39NO2S. The van der Waals surface area contributed by atoms with E-state index in [1.54, 1.807) is 0 Å². The molecule has 28 heavy (non-hydrogen) atoms. The predicted octanol–water partition coefficient (Wildman–Crippen LogP) is 6.16. The second-order valence-corrected chi connectivity index (χ2v) is 11.9. The van der Waals surface area contributed by atoms with Crippen LogP contribution in [0.25, 0.3) is 0 Å². The molecule has 158 valence electrons. The van der Waals surface area contributed by atoms with E-state index in [4.69, 9.17) is 0 Å². The summed E-state index contributed by atoms with van der Waals surface area (Å²) in [6.45, 7) is 14.8. The average Bonchev–Trinajstić information content (AvgIpc) is 3.23. The molecule has 0 saturated heterocycles. The second kappa shape index (κ2) is 8.10. The van der Waals surface area contributed by atoms with E-state index < -0.39 is 10.0 Å². The maximum atomic E-state index is 13.6. The minimum absolute atomic E-state index is 0.00472. The second-order valence-electron chi connectivity index (χ2n) is 10.2. The van der Waals surface area contributed by atoms with Crippen LogP contribution in [0.1, 0.15) is 109 Å². The zero-order valence-electron chi connectivity index (χ0n) is 18.7. The van der Waals surface area contributed by atoms with E-state index in [-0.39, 0.29) is 17.9 Å². The maximum Gasteiger partial charge on any atom is 0.241 e. The third kappa shape index (κ3) is 4.18. The first-order valence-electron chi connectivity index (χ1n) is 11.2. The van der Waals surface area contributed by atoms with Crippen molar-refractivity contribution >= 4 is 10.0 Å². The monoisotopic (exact) mass is 405 g/mol. The summed E-state index contributed by atoms with van der Waals surface area (Å²) in [7, 11) is -3.56. The molecule has 0 aromatic heterocycles. The van der Waals surface area contributed by atoms with Crippen LogP contribution in [0.5, 0.6) is 0 Å². The zero-order valence-corrected chi connectivity index (χ0v) is 19.6. The topological polar surface area (TPSA) is 46.2 Å². The quantitative estimate of drug-likeness (QED) is 0.590. The number of nitrogens with one attached hydrogen (secondary N) is 1. The summed E-state index contributed by atoms with van der Waals surface area (Å²) >= 11 is 0. The van der Waals surface area contributed by atoms with Gasteiger partial charge < -0.3 is 0 Å². The molecule has 1 N–H and O–H groups in total. The zero-order chi connectivity index (χ0) is 20.8. The smallest absolute Gasteiger partial charge is 0.208 e. The lowest BCUT2D eigenvalue weighted by Crippen LogP contribution is -2.40. The van der Waals surface area contributed by atoms with Gasteiger partial charge in [0.1, 0.15) is 0 Å². The number of benzene rings is 1. The van der Waals surface area contributed by atoms with Gasteiger partial charge in [0.05, 0.1) is 4.90 Å². The van der Waals surface area contributed by atoms with Gasteiger partial charge in [-0.2, -0.15) is 0 Å². The Kier molecular flexibility index (Phi) is 6.32. The third-order valence-electron chi connectivity index (χ3n) is 7.12. The Hall–Kier alpha value is -0.870. The van der Waals surface area contributed by atoms with Crippen LogP contribution in [0.2, 0.25) is 0 Å². The molecule has 0 aliphatic heterocycles. The Bertz CT molecular complexity index is 781. The summed E-state index contributed by atoms with van der Waals surface area (Å²) in [5.41, 5.74) is 3.15. The first-order valence-corrected chi connectivity index (χ1v) is 12.7. The fraction of sp³-hybridized carbons (Fsp3) is 0.750. The average molecular weight is 406 g/mol. The van der Waals surface area contributed by atoms with Crippen molar-refractivity contribution in [3.8, 4) is 0 Å². The Balaban J connectivity index is 1.99. The molecule has 0 heterocycles. The van der Waals surface area contributed by atoms with Crippen LogP contribution < -0.4 is 4.72 Å². The molecule has 2 saturated carbocycles. The van der Waals surface area contributed by atoms with Crippen LogP contribution >= 0.6 is 0 Å². The summed E-state index contributed by atoms with van der Waals surface area (Å²) < 4.78 is 30.4. The van der Waals surface area contributed by atoms with E-state index in [1.807, 2.05) is 0 Å². The predicted molar refractivity (Wildman–Crippen MR) is 117 cm³/mol. The first kappa shape index (κ1) is 21.8. The van der Waals surface area contributed by atoms with Crippen LogP contribution in [-0.2, 0) is 10.0 Å². The number of hydrogen-bond acceptors (Lipinski definition) is 2. The van der Waals surface area contributed by atoms with Crippen LogP contribution in [0.4, 0.5) is 0 Å².